The van der Waals surface area contributed by atoms with Crippen molar-refractivity contribution in [2.24, 2.45) is 35.0 Å². The van der Waals surface area contributed by atoms with Gasteiger partial charge in [0.15, 0.2) is 0 Å². The summed E-state index contributed by atoms with van der Waals surface area (Å²) in [6, 6.07) is 0. The molecule has 0 bridgehead atoms. The van der Waals surface area contributed by atoms with Crippen LogP contribution in [-0.4, -0.2) is 23.3 Å². The van der Waals surface area contributed by atoms with Crippen molar-refractivity contribution >= 4 is 5.97 Å². The monoisotopic (exact) mass is 496 g/mol. The van der Waals surface area contributed by atoms with Gasteiger partial charge in [0.1, 0.15) is 6.10 Å². The average Bonchev–Trinajstić information content (AvgIpc) is 3.19. The molecule has 0 aromatic heterocycles. The Bertz CT molecular complexity index is 862. The summed E-state index contributed by atoms with van der Waals surface area (Å²) in [5, 5.41) is 10.6. The molecule has 3 aliphatic rings. The predicted octanol–water partition coefficient (Wildman–Crippen LogP) is 8.35. The van der Waals surface area contributed by atoms with Crippen LogP contribution >= 0.6 is 0 Å². The van der Waals surface area contributed by atoms with Gasteiger partial charge in [0.2, 0.25) is 0 Å². The Hall–Kier alpha value is -1.61. The first-order valence-corrected chi connectivity index (χ1v) is 14.7. The van der Waals surface area contributed by atoms with Crippen LogP contribution in [0.25, 0.3) is 0 Å². The van der Waals surface area contributed by atoms with Crippen molar-refractivity contribution in [2.75, 3.05) is 0 Å². The number of aliphatic hydroxyl groups is 1. The first-order chi connectivity index (χ1) is 17.1. The molecule has 202 valence electrons. The van der Waals surface area contributed by atoms with Gasteiger partial charge in [-0.1, -0.05) is 84.4 Å². The summed E-state index contributed by atoms with van der Waals surface area (Å²) < 4.78 is 5.71. The second kappa shape index (κ2) is 12.8. The highest BCUT2D eigenvalue weighted by Gasteiger charge is 2.50. The minimum Gasteiger partial charge on any atom is -0.462 e. The van der Waals surface area contributed by atoms with E-state index in [1.54, 1.807) is 5.57 Å². The number of carbonyl (C=O) groups is 1. The Morgan fingerprint density at radius 3 is 2.64 bits per heavy atom. The van der Waals surface area contributed by atoms with E-state index < -0.39 is 6.10 Å². The summed E-state index contributed by atoms with van der Waals surface area (Å²) in [4.78, 5) is 12.2. The summed E-state index contributed by atoms with van der Waals surface area (Å²) in [7, 11) is 0. The standard InChI is InChI=1S/C33H52O3/c1-8-9-12-32(35)36-28-20-27(25(6)31(34)21-28)16-15-26-11-10-19-33(7)29(17-18-30(26)33)24(5)14-13-23(4)22(2)3/h13-16,22-24,28-31,34H,6,8-12,17-21H2,1-5,7H3/b14-13+,26-15-,27-16+/t23-,24+,28+,29+,30-,31-,33+/m0/s1. The number of rotatable bonds is 9. The lowest BCUT2D eigenvalue weighted by Crippen LogP contribution is -2.35. The van der Waals surface area contributed by atoms with Crippen LogP contribution in [0.15, 0.2) is 47.6 Å². The molecule has 1 N–H and O–H groups in total. The molecule has 3 saturated carbocycles. The van der Waals surface area contributed by atoms with Gasteiger partial charge in [0.05, 0.1) is 6.10 Å². The van der Waals surface area contributed by atoms with Gasteiger partial charge in [0.25, 0.3) is 0 Å². The smallest absolute Gasteiger partial charge is 0.306 e. The quantitative estimate of drug-likeness (QED) is 0.258. The van der Waals surface area contributed by atoms with Crippen molar-refractivity contribution in [2.45, 2.75) is 118 Å². The number of fused-ring (bicyclic) bond motifs is 1. The topological polar surface area (TPSA) is 46.5 Å². The van der Waals surface area contributed by atoms with E-state index in [4.69, 9.17) is 4.74 Å². The van der Waals surface area contributed by atoms with E-state index in [0.717, 1.165) is 36.3 Å². The maximum atomic E-state index is 12.2. The maximum absolute atomic E-state index is 12.2. The maximum Gasteiger partial charge on any atom is 0.306 e. The zero-order chi connectivity index (χ0) is 26.5. The molecule has 36 heavy (non-hydrogen) atoms. The average molecular weight is 497 g/mol. The number of aliphatic hydroxyl groups excluding tert-OH is 1. The minimum absolute atomic E-state index is 0.148. The Kier molecular flexibility index (Phi) is 10.3. The van der Waals surface area contributed by atoms with Crippen LogP contribution in [-0.2, 0) is 9.53 Å². The van der Waals surface area contributed by atoms with Crippen molar-refractivity contribution in [3.63, 3.8) is 0 Å². The van der Waals surface area contributed by atoms with E-state index in [1.165, 1.54) is 25.7 Å². The van der Waals surface area contributed by atoms with Crippen molar-refractivity contribution in [1.29, 1.82) is 0 Å². The van der Waals surface area contributed by atoms with Crippen LogP contribution in [0.5, 0.6) is 0 Å². The van der Waals surface area contributed by atoms with E-state index in [9.17, 15) is 9.90 Å². The number of carbonyl (C=O) groups excluding carboxylic acids is 1. The number of ether oxygens (including phenoxy) is 1. The van der Waals surface area contributed by atoms with E-state index >= 15 is 0 Å². The molecular formula is C33H52O3. The molecule has 0 aromatic rings. The highest BCUT2D eigenvalue weighted by atomic mass is 16.5. The van der Waals surface area contributed by atoms with Crippen LogP contribution in [0.1, 0.15) is 106 Å². The highest BCUT2D eigenvalue weighted by Crippen LogP contribution is 2.59. The van der Waals surface area contributed by atoms with Crippen LogP contribution in [0.4, 0.5) is 0 Å². The fourth-order valence-corrected chi connectivity index (χ4v) is 6.95. The third-order valence-corrected chi connectivity index (χ3v) is 9.72. The third kappa shape index (κ3) is 6.82. The van der Waals surface area contributed by atoms with Crippen LogP contribution in [0.2, 0.25) is 0 Å². The summed E-state index contributed by atoms with van der Waals surface area (Å²) in [6.45, 7) is 18.1. The zero-order valence-electron chi connectivity index (χ0n) is 23.9. The molecular weight excluding hydrogens is 444 g/mol. The van der Waals surface area contributed by atoms with Gasteiger partial charge in [-0.05, 0) is 84.7 Å². The van der Waals surface area contributed by atoms with Gasteiger partial charge in [-0.2, -0.15) is 0 Å². The Balaban J connectivity index is 1.72. The normalized spacial score (nSPS) is 34.9. The second-order valence-electron chi connectivity index (χ2n) is 12.6. The minimum atomic E-state index is -0.638. The molecule has 0 saturated heterocycles. The molecule has 3 aliphatic carbocycles. The van der Waals surface area contributed by atoms with Crippen LogP contribution < -0.4 is 0 Å². The van der Waals surface area contributed by atoms with Crippen molar-refractivity contribution < 1.29 is 14.6 Å². The fourth-order valence-electron chi connectivity index (χ4n) is 6.95. The summed E-state index contributed by atoms with van der Waals surface area (Å²) >= 11 is 0. The molecule has 0 radical (unpaired) electrons. The number of hydrogen-bond acceptors (Lipinski definition) is 3. The van der Waals surface area contributed by atoms with Crippen molar-refractivity contribution in [1.82, 2.24) is 0 Å². The Morgan fingerprint density at radius 2 is 1.94 bits per heavy atom. The lowest BCUT2D eigenvalue weighted by Gasteiger charge is -2.44. The van der Waals surface area contributed by atoms with Crippen molar-refractivity contribution in [3.8, 4) is 0 Å². The van der Waals surface area contributed by atoms with Crippen molar-refractivity contribution in [3.05, 3.63) is 47.6 Å². The first kappa shape index (κ1) is 29.0. The van der Waals surface area contributed by atoms with E-state index in [0.29, 0.717) is 48.3 Å². The van der Waals surface area contributed by atoms with Gasteiger partial charge in [-0.25, -0.2) is 0 Å². The van der Waals surface area contributed by atoms with Crippen LogP contribution in [0.3, 0.4) is 0 Å². The lowest BCUT2D eigenvalue weighted by molar-refractivity contribution is -0.150. The SMILES string of the molecule is C=C1/C(=C/C=C2/CCC[C@]3(C)[C@@H]([C@H](C)/C=C/[C@H](C)C(C)C)CC[C@@H]23)C[C@@H](OC(=O)CCCC)C[C@@H]1O. The van der Waals surface area contributed by atoms with Gasteiger partial charge in [-0.3, -0.25) is 4.79 Å². The summed E-state index contributed by atoms with van der Waals surface area (Å²) in [5.41, 5.74) is 3.74. The van der Waals surface area contributed by atoms with Gasteiger partial charge in [-0.15, -0.1) is 0 Å². The molecule has 0 heterocycles. The van der Waals surface area contributed by atoms with Gasteiger partial charge < -0.3 is 9.84 Å². The van der Waals surface area contributed by atoms with E-state index in [1.807, 2.05) is 0 Å². The number of unbranched alkanes of at least 4 members (excludes halogenated alkanes) is 1. The summed E-state index contributed by atoms with van der Waals surface area (Å²) in [5.74, 6) is 3.13. The number of allylic oxidation sites excluding steroid dienone is 5. The molecule has 3 heteroatoms. The molecule has 0 unspecified atom stereocenters. The van der Waals surface area contributed by atoms with Crippen LogP contribution in [0, 0.1) is 35.0 Å². The predicted molar refractivity (Wildman–Crippen MR) is 150 cm³/mol. The molecule has 0 aliphatic heterocycles. The summed E-state index contributed by atoms with van der Waals surface area (Å²) in [6.07, 6.45) is 18.3. The Labute approximate surface area is 221 Å². The third-order valence-electron chi connectivity index (χ3n) is 9.72. The van der Waals surface area contributed by atoms with E-state index in [2.05, 4.69) is 72.4 Å². The first-order valence-electron chi connectivity index (χ1n) is 14.7. The van der Waals surface area contributed by atoms with Gasteiger partial charge >= 0.3 is 5.97 Å². The highest BCUT2D eigenvalue weighted by molar-refractivity contribution is 5.69. The largest absolute Gasteiger partial charge is 0.462 e. The number of esters is 1. The zero-order valence-corrected chi connectivity index (χ0v) is 23.9. The molecule has 0 amide bonds. The molecule has 3 nitrogen and oxygen atoms in total. The molecule has 7 atom stereocenters. The second-order valence-corrected chi connectivity index (χ2v) is 12.6. The molecule has 3 fully saturated rings. The molecule has 0 spiro atoms. The van der Waals surface area contributed by atoms with Gasteiger partial charge in [0, 0.05) is 19.3 Å². The lowest BCUT2D eigenvalue weighted by atomic mass is 9.61. The number of hydrogen-bond donors (Lipinski definition) is 1. The fraction of sp³-hybridized carbons (Fsp3) is 0.727. The molecule has 3 rings (SSSR count). The Morgan fingerprint density at radius 1 is 1.19 bits per heavy atom. The van der Waals surface area contributed by atoms with E-state index in [-0.39, 0.29) is 12.1 Å². The molecule has 0 aromatic carbocycles.